The van der Waals surface area contributed by atoms with E-state index in [2.05, 4.69) is 5.43 Å². The zero-order valence-electron chi connectivity index (χ0n) is 13.8. The van der Waals surface area contributed by atoms with Crippen molar-refractivity contribution >= 4 is 28.5 Å². The lowest BCUT2D eigenvalue weighted by atomic mass is 9.94. The van der Waals surface area contributed by atoms with Crippen LogP contribution in [0.2, 0.25) is 0 Å². The Labute approximate surface area is 148 Å². The molecule has 3 aromatic rings. The third kappa shape index (κ3) is 2.31. The Morgan fingerprint density at radius 1 is 0.923 bits per heavy atom. The van der Waals surface area contributed by atoms with Crippen LogP contribution < -0.4 is 5.43 Å². The molecule has 0 aliphatic carbocycles. The van der Waals surface area contributed by atoms with Gasteiger partial charge >= 0.3 is 0 Å². The molecule has 4 rings (SSSR count). The van der Waals surface area contributed by atoms with E-state index in [0.29, 0.717) is 16.3 Å². The number of aryl methyl sites for hydroxylation is 1. The number of imide groups is 1. The second-order valence-electron chi connectivity index (χ2n) is 6.11. The summed E-state index contributed by atoms with van der Waals surface area (Å²) >= 11 is 0. The van der Waals surface area contributed by atoms with Crippen molar-refractivity contribution in [3.63, 3.8) is 0 Å². The fourth-order valence-electron chi connectivity index (χ4n) is 3.05. The number of amides is 3. The number of phenolic OH excluding ortho intramolecular Hbond substituents is 1. The number of hydrogen-bond donors (Lipinski definition) is 2. The minimum absolute atomic E-state index is 0.0108. The maximum atomic E-state index is 12.8. The van der Waals surface area contributed by atoms with Crippen molar-refractivity contribution in [1.29, 1.82) is 0 Å². The zero-order valence-corrected chi connectivity index (χ0v) is 13.8. The van der Waals surface area contributed by atoms with E-state index in [4.69, 9.17) is 0 Å². The van der Waals surface area contributed by atoms with Crippen LogP contribution in [0.5, 0.6) is 5.75 Å². The smallest absolute Gasteiger partial charge is 0.280 e. The van der Waals surface area contributed by atoms with Crippen molar-refractivity contribution in [3.05, 3.63) is 76.9 Å². The molecule has 26 heavy (non-hydrogen) atoms. The fraction of sp³-hybridized carbons (Fsp3) is 0.0500. The molecule has 3 amide bonds. The van der Waals surface area contributed by atoms with Crippen LogP contribution in [0, 0.1) is 6.92 Å². The molecule has 0 atom stereocenters. The molecular formula is C20H14N2O4. The molecule has 6 heteroatoms. The average molecular weight is 346 g/mol. The van der Waals surface area contributed by atoms with Crippen molar-refractivity contribution < 1.29 is 19.5 Å². The van der Waals surface area contributed by atoms with Gasteiger partial charge in [0, 0.05) is 16.3 Å². The molecule has 128 valence electrons. The number of carbonyl (C=O) groups excluding carboxylic acids is 3. The largest absolute Gasteiger partial charge is 0.507 e. The molecule has 0 aromatic heterocycles. The monoisotopic (exact) mass is 346 g/mol. The van der Waals surface area contributed by atoms with Crippen molar-refractivity contribution in [2.75, 3.05) is 0 Å². The van der Waals surface area contributed by atoms with E-state index < -0.39 is 17.7 Å². The third-order valence-corrected chi connectivity index (χ3v) is 4.41. The Morgan fingerprint density at radius 3 is 2.27 bits per heavy atom. The van der Waals surface area contributed by atoms with Crippen LogP contribution in [0.25, 0.3) is 10.8 Å². The van der Waals surface area contributed by atoms with E-state index in [1.807, 2.05) is 6.92 Å². The van der Waals surface area contributed by atoms with Gasteiger partial charge in [-0.1, -0.05) is 29.8 Å². The number of hydrazine groups is 1. The maximum Gasteiger partial charge on any atom is 0.280 e. The zero-order chi connectivity index (χ0) is 18.4. The molecule has 1 heterocycles. The van der Waals surface area contributed by atoms with Gasteiger partial charge in [0.1, 0.15) is 5.75 Å². The summed E-state index contributed by atoms with van der Waals surface area (Å²) in [6, 6.07) is 14.4. The summed E-state index contributed by atoms with van der Waals surface area (Å²) in [5.41, 5.74) is 4.21. The first-order valence-corrected chi connectivity index (χ1v) is 7.98. The van der Waals surface area contributed by atoms with Crippen LogP contribution in [-0.2, 0) is 0 Å². The Balaban J connectivity index is 1.75. The lowest BCUT2D eigenvalue weighted by Gasteiger charge is -2.27. The second kappa shape index (κ2) is 5.70. The summed E-state index contributed by atoms with van der Waals surface area (Å²) in [6.07, 6.45) is 0. The summed E-state index contributed by atoms with van der Waals surface area (Å²) in [4.78, 5) is 37.9. The summed E-state index contributed by atoms with van der Waals surface area (Å²) in [5.74, 6) is -1.84. The molecule has 0 fully saturated rings. The normalized spacial score (nSPS) is 13.2. The van der Waals surface area contributed by atoms with E-state index in [9.17, 15) is 19.5 Å². The van der Waals surface area contributed by atoms with Crippen LogP contribution in [0.3, 0.4) is 0 Å². The van der Waals surface area contributed by atoms with Crippen LogP contribution >= 0.6 is 0 Å². The molecular weight excluding hydrogens is 332 g/mol. The van der Waals surface area contributed by atoms with Gasteiger partial charge in [0.2, 0.25) is 0 Å². The van der Waals surface area contributed by atoms with Gasteiger partial charge in [-0.3, -0.25) is 19.8 Å². The van der Waals surface area contributed by atoms with E-state index in [0.717, 1.165) is 10.6 Å². The van der Waals surface area contributed by atoms with Gasteiger partial charge in [-0.15, -0.1) is 0 Å². The Hall–Kier alpha value is -3.67. The quantitative estimate of drug-likeness (QED) is 0.699. The van der Waals surface area contributed by atoms with Gasteiger partial charge < -0.3 is 5.11 Å². The molecule has 0 saturated heterocycles. The molecule has 0 unspecified atom stereocenters. The van der Waals surface area contributed by atoms with Crippen molar-refractivity contribution in [2.24, 2.45) is 0 Å². The highest BCUT2D eigenvalue weighted by Gasteiger charge is 2.34. The summed E-state index contributed by atoms with van der Waals surface area (Å²) < 4.78 is 0. The molecule has 0 radical (unpaired) electrons. The molecule has 2 N–H and O–H groups in total. The molecule has 6 nitrogen and oxygen atoms in total. The van der Waals surface area contributed by atoms with Crippen LogP contribution in [0.4, 0.5) is 0 Å². The molecule has 1 aliphatic heterocycles. The van der Waals surface area contributed by atoms with E-state index in [1.54, 1.807) is 42.5 Å². The number of benzene rings is 3. The van der Waals surface area contributed by atoms with Crippen molar-refractivity contribution in [2.45, 2.75) is 6.92 Å². The minimum Gasteiger partial charge on any atom is -0.507 e. The first-order chi connectivity index (χ1) is 12.5. The van der Waals surface area contributed by atoms with E-state index in [-0.39, 0.29) is 16.9 Å². The Kier molecular flexibility index (Phi) is 3.47. The van der Waals surface area contributed by atoms with Gasteiger partial charge in [-0.2, -0.15) is 5.01 Å². The van der Waals surface area contributed by atoms with E-state index in [1.165, 1.54) is 12.1 Å². The van der Waals surface area contributed by atoms with Gasteiger partial charge in [-0.25, -0.2) is 0 Å². The molecule has 0 saturated carbocycles. The lowest BCUT2D eigenvalue weighted by Crippen LogP contribution is -2.51. The highest BCUT2D eigenvalue weighted by atomic mass is 16.3. The Morgan fingerprint density at radius 2 is 1.58 bits per heavy atom. The molecule has 0 bridgehead atoms. The summed E-state index contributed by atoms with van der Waals surface area (Å²) in [5, 5.41) is 11.5. The van der Waals surface area contributed by atoms with Gasteiger partial charge in [0.05, 0.1) is 11.1 Å². The van der Waals surface area contributed by atoms with Crippen LogP contribution in [0.15, 0.2) is 54.6 Å². The Bertz CT molecular complexity index is 1060. The predicted molar refractivity (Wildman–Crippen MR) is 94.8 cm³/mol. The molecule has 3 aromatic carbocycles. The number of aromatic hydroxyl groups is 1. The second-order valence-corrected chi connectivity index (χ2v) is 6.11. The van der Waals surface area contributed by atoms with Gasteiger partial charge in [0.15, 0.2) is 0 Å². The predicted octanol–water partition coefficient (Wildman–Crippen LogP) is 2.79. The SMILES string of the molecule is Cc1ccc(C(=O)NN2C(=O)c3cccc4c(O)ccc(c34)C2=O)cc1. The summed E-state index contributed by atoms with van der Waals surface area (Å²) in [7, 11) is 0. The number of hydrogen-bond acceptors (Lipinski definition) is 4. The number of carbonyl (C=O) groups is 3. The first kappa shape index (κ1) is 15.8. The van der Waals surface area contributed by atoms with Crippen LogP contribution in [-0.4, -0.2) is 27.8 Å². The molecule has 0 spiro atoms. The molecule has 1 aliphatic rings. The lowest BCUT2D eigenvalue weighted by molar-refractivity contribution is 0.0479. The maximum absolute atomic E-state index is 12.8. The third-order valence-electron chi connectivity index (χ3n) is 4.41. The van der Waals surface area contributed by atoms with Gasteiger partial charge in [0.25, 0.3) is 17.7 Å². The topological polar surface area (TPSA) is 86.7 Å². The van der Waals surface area contributed by atoms with Gasteiger partial charge in [-0.05, 0) is 37.3 Å². The van der Waals surface area contributed by atoms with Crippen LogP contribution in [0.1, 0.15) is 36.6 Å². The minimum atomic E-state index is -0.640. The number of rotatable bonds is 2. The highest BCUT2D eigenvalue weighted by Crippen LogP contribution is 2.34. The fourth-order valence-corrected chi connectivity index (χ4v) is 3.05. The number of nitrogens with one attached hydrogen (secondary N) is 1. The standard InChI is InChI=1S/C20H14N2O4/c1-11-5-7-12(8-6-11)18(24)21-22-19(25)14-4-2-3-13-16(23)10-9-15(17(13)14)20(22)26/h2-10,23H,1H3,(H,21,24). The first-order valence-electron chi connectivity index (χ1n) is 7.98. The number of nitrogens with zero attached hydrogens (tertiary/aromatic N) is 1. The van der Waals surface area contributed by atoms with Crippen molar-refractivity contribution in [1.82, 2.24) is 10.4 Å². The van der Waals surface area contributed by atoms with Crippen molar-refractivity contribution in [3.8, 4) is 5.75 Å². The highest BCUT2D eigenvalue weighted by molar-refractivity contribution is 6.26. The van der Waals surface area contributed by atoms with E-state index >= 15 is 0 Å². The average Bonchev–Trinajstić information content (AvgIpc) is 2.64. The number of phenols is 1. The summed E-state index contributed by atoms with van der Waals surface area (Å²) in [6.45, 7) is 1.90.